The van der Waals surface area contributed by atoms with E-state index in [9.17, 15) is 4.79 Å². The molecule has 4 rings (SSSR count). The van der Waals surface area contributed by atoms with Crippen LogP contribution in [0, 0.1) is 0 Å². The van der Waals surface area contributed by atoms with E-state index in [1.54, 1.807) is 0 Å². The van der Waals surface area contributed by atoms with E-state index >= 15 is 0 Å². The number of benzene rings is 2. The first-order chi connectivity index (χ1) is 10.8. The van der Waals surface area contributed by atoms with Gasteiger partial charge in [-0.3, -0.25) is 9.69 Å². The molecule has 1 N–H and O–H groups in total. The summed E-state index contributed by atoms with van der Waals surface area (Å²) in [6, 6.07) is 19.2. The number of carbonyl (C=O) groups is 1. The SMILES string of the molecule is O=C1Cc2ccccc2C2CN(Cc3ccccc3)CC2N1. The van der Waals surface area contributed by atoms with Crippen LogP contribution in [0.2, 0.25) is 0 Å². The first-order valence-electron chi connectivity index (χ1n) is 7.93. The van der Waals surface area contributed by atoms with Crippen LogP contribution in [0.25, 0.3) is 0 Å². The third-order valence-electron chi connectivity index (χ3n) is 4.80. The van der Waals surface area contributed by atoms with Gasteiger partial charge >= 0.3 is 0 Å². The van der Waals surface area contributed by atoms with Crippen LogP contribution in [0.3, 0.4) is 0 Å². The lowest BCUT2D eigenvalue weighted by atomic mass is 9.91. The Kier molecular flexibility index (Phi) is 3.43. The van der Waals surface area contributed by atoms with E-state index in [-0.39, 0.29) is 11.9 Å². The Morgan fingerprint density at radius 1 is 1.00 bits per heavy atom. The fraction of sp³-hybridized carbons (Fsp3) is 0.316. The molecule has 1 fully saturated rings. The van der Waals surface area contributed by atoms with E-state index < -0.39 is 0 Å². The first-order valence-corrected chi connectivity index (χ1v) is 7.93. The maximum absolute atomic E-state index is 12.1. The van der Waals surface area contributed by atoms with E-state index in [0.717, 1.165) is 19.6 Å². The number of nitrogens with zero attached hydrogens (tertiary/aromatic N) is 1. The van der Waals surface area contributed by atoms with Crippen LogP contribution < -0.4 is 5.32 Å². The molecule has 2 aromatic rings. The fourth-order valence-corrected chi connectivity index (χ4v) is 3.81. The van der Waals surface area contributed by atoms with Crippen molar-refractivity contribution in [3.63, 3.8) is 0 Å². The van der Waals surface area contributed by atoms with Gasteiger partial charge in [-0.15, -0.1) is 0 Å². The van der Waals surface area contributed by atoms with Crippen molar-refractivity contribution in [3.05, 3.63) is 71.3 Å². The van der Waals surface area contributed by atoms with Gasteiger partial charge in [0.15, 0.2) is 0 Å². The lowest BCUT2D eigenvalue weighted by molar-refractivity contribution is -0.120. The molecule has 22 heavy (non-hydrogen) atoms. The van der Waals surface area contributed by atoms with Gasteiger partial charge in [-0.1, -0.05) is 54.6 Å². The molecule has 3 heteroatoms. The minimum atomic E-state index is 0.154. The fourth-order valence-electron chi connectivity index (χ4n) is 3.81. The van der Waals surface area contributed by atoms with Crippen molar-refractivity contribution in [2.45, 2.75) is 24.9 Å². The minimum absolute atomic E-state index is 0.154. The van der Waals surface area contributed by atoms with Gasteiger partial charge in [-0.25, -0.2) is 0 Å². The highest BCUT2D eigenvalue weighted by Gasteiger charge is 2.37. The second-order valence-corrected chi connectivity index (χ2v) is 6.34. The van der Waals surface area contributed by atoms with Gasteiger partial charge in [-0.2, -0.15) is 0 Å². The second-order valence-electron chi connectivity index (χ2n) is 6.34. The van der Waals surface area contributed by atoms with Crippen LogP contribution in [0.15, 0.2) is 54.6 Å². The van der Waals surface area contributed by atoms with E-state index in [4.69, 9.17) is 0 Å². The molecule has 0 bridgehead atoms. The van der Waals surface area contributed by atoms with Crippen LogP contribution in [0.5, 0.6) is 0 Å². The number of carbonyl (C=O) groups excluding carboxylic acids is 1. The number of likely N-dealkylation sites (tertiary alicyclic amines) is 1. The van der Waals surface area contributed by atoms with Crippen molar-refractivity contribution < 1.29 is 4.79 Å². The highest BCUT2D eigenvalue weighted by molar-refractivity contribution is 5.80. The third kappa shape index (κ3) is 2.53. The third-order valence-corrected chi connectivity index (χ3v) is 4.80. The predicted octanol–water partition coefficient (Wildman–Crippen LogP) is 2.33. The largest absolute Gasteiger partial charge is 0.351 e. The Morgan fingerprint density at radius 2 is 1.77 bits per heavy atom. The number of amides is 1. The van der Waals surface area contributed by atoms with Gasteiger partial charge in [0.1, 0.15) is 0 Å². The van der Waals surface area contributed by atoms with Gasteiger partial charge in [0.25, 0.3) is 0 Å². The zero-order valence-electron chi connectivity index (χ0n) is 12.5. The molecule has 0 spiro atoms. The van der Waals surface area contributed by atoms with Crippen LogP contribution in [-0.4, -0.2) is 29.9 Å². The maximum atomic E-state index is 12.1. The van der Waals surface area contributed by atoms with Gasteiger partial charge in [0, 0.05) is 31.6 Å². The molecule has 0 saturated carbocycles. The molecule has 2 atom stereocenters. The van der Waals surface area contributed by atoms with E-state index in [2.05, 4.69) is 52.7 Å². The van der Waals surface area contributed by atoms with Crippen molar-refractivity contribution >= 4 is 5.91 Å². The van der Waals surface area contributed by atoms with Gasteiger partial charge in [0.2, 0.25) is 5.91 Å². The van der Waals surface area contributed by atoms with Crippen LogP contribution >= 0.6 is 0 Å². The molecule has 2 aliphatic heterocycles. The molecule has 2 aromatic carbocycles. The number of fused-ring (bicyclic) bond motifs is 3. The lowest BCUT2D eigenvalue weighted by Gasteiger charge is -2.17. The zero-order valence-corrected chi connectivity index (χ0v) is 12.5. The van der Waals surface area contributed by atoms with Gasteiger partial charge in [0.05, 0.1) is 6.42 Å². The van der Waals surface area contributed by atoms with Crippen LogP contribution in [0.4, 0.5) is 0 Å². The second kappa shape index (κ2) is 5.58. The molecular weight excluding hydrogens is 272 g/mol. The normalized spacial score (nSPS) is 24.3. The van der Waals surface area contributed by atoms with Crippen molar-refractivity contribution in [3.8, 4) is 0 Å². The molecular formula is C19H20N2O. The topological polar surface area (TPSA) is 32.3 Å². The maximum Gasteiger partial charge on any atom is 0.224 e. The summed E-state index contributed by atoms with van der Waals surface area (Å²) in [7, 11) is 0. The Bertz CT molecular complexity index is 683. The highest BCUT2D eigenvalue weighted by Crippen LogP contribution is 2.33. The lowest BCUT2D eigenvalue weighted by Crippen LogP contribution is -2.38. The monoisotopic (exact) mass is 292 g/mol. The summed E-state index contributed by atoms with van der Waals surface area (Å²) in [5.74, 6) is 0.563. The molecule has 2 aliphatic rings. The molecule has 112 valence electrons. The Balaban J connectivity index is 1.59. The summed E-state index contributed by atoms with van der Waals surface area (Å²) in [5.41, 5.74) is 3.87. The summed E-state index contributed by atoms with van der Waals surface area (Å²) < 4.78 is 0. The molecule has 0 radical (unpaired) electrons. The van der Waals surface area contributed by atoms with E-state index in [1.165, 1.54) is 16.7 Å². The van der Waals surface area contributed by atoms with Crippen molar-refractivity contribution in [1.29, 1.82) is 0 Å². The smallest absolute Gasteiger partial charge is 0.224 e. The van der Waals surface area contributed by atoms with Crippen LogP contribution in [0.1, 0.15) is 22.6 Å². The predicted molar refractivity (Wildman–Crippen MR) is 86.5 cm³/mol. The molecule has 2 heterocycles. The van der Waals surface area contributed by atoms with Crippen molar-refractivity contribution in [2.75, 3.05) is 13.1 Å². The zero-order chi connectivity index (χ0) is 14.9. The van der Waals surface area contributed by atoms with Crippen molar-refractivity contribution in [1.82, 2.24) is 10.2 Å². The Morgan fingerprint density at radius 3 is 2.64 bits per heavy atom. The summed E-state index contributed by atoms with van der Waals surface area (Å²) in [5, 5.41) is 3.22. The highest BCUT2D eigenvalue weighted by atomic mass is 16.1. The van der Waals surface area contributed by atoms with Gasteiger partial charge < -0.3 is 5.32 Å². The average Bonchev–Trinajstić information content (AvgIpc) is 2.85. The number of hydrogen-bond donors (Lipinski definition) is 1. The first kappa shape index (κ1) is 13.5. The molecule has 0 aromatic heterocycles. The summed E-state index contributed by atoms with van der Waals surface area (Å²) >= 11 is 0. The quantitative estimate of drug-likeness (QED) is 0.921. The molecule has 2 unspecified atom stereocenters. The number of hydrogen-bond acceptors (Lipinski definition) is 2. The Labute approximate surface area is 131 Å². The summed E-state index contributed by atoms with van der Waals surface area (Å²) in [6.45, 7) is 2.89. The minimum Gasteiger partial charge on any atom is -0.351 e. The molecule has 0 aliphatic carbocycles. The van der Waals surface area contributed by atoms with Crippen molar-refractivity contribution in [2.24, 2.45) is 0 Å². The number of rotatable bonds is 2. The molecule has 3 nitrogen and oxygen atoms in total. The average molecular weight is 292 g/mol. The van der Waals surface area contributed by atoms with Gasteiger partial charge in [-0.05, 0) is 16.7 Å². The summed E-state index contributed by atoms with van der Waals surface area (Å²) in [4.78, 5) is 14.6. The molecule has 1 amide bonds. The van der Waals surface area contributed by atoms with E-state index in [0.29, 0.717) is 12.3 Å². The number of nitrogens with one attached hydrogen (secondary N) is 1. The summed E-state index contributed by atoms with van der Waals surface area (Å²) in [6.07, 6.45) is 0.516. The van der Waals surface area contributed by atoms with E-state index in [1.807, 2.05) is 12.1 Å². The van der Waals surface area contributed by atoms with Crippen LogP contribution in [-0.2, 0) is 17.8 Å². The molecule has 1 saturated heterocycles. The standard InChI is InChI=1S/C19H20N2O/c22-19-10-15-8-4-5-9-16(15)17-12-21(13-18(17)20-19)11-14-6-2-1-3-7-14/h1-9,17-18H,10-13H2,(H,20,22). The Hall–Kier alpha value is -2.13.